The number of benzene rings is 2. The van der Waals surface area contributed by atoms with Crippen LogP contribution in [0.3, 0.4) is 0 Å². The van der Waals surface area contributed by atoms with E-state index in [-0.39, 0.29) is 0 Å². The lowest BCUT2D eigenvalue weighted by Crippen LogP contribution is -2.17. The van der Waals surface area contributed by atoms with E-state index in [0.717, 1.165) is 41.1 Å². The highest BCUT2D eigenvalue weighted by Crippen LogP contribution is 2.29. The maximum Gasteiger partial charge on any atom is 0.226 e. The molecule has 0 N–H and O–H groups in total. The number of pyridine rings is 1. The molecule has 0 radical (unpaired) electrons. The van der Waals surface area contributed by atoms with Gasteiger partial charge in [0.15, 0.2) is 0 Å². The lowest BCUT2D eigenvalue weighted by atomic mass is 10.1. The van der Waals surface area contributed by atoms with Gasteiger partial charge in [-0.3, -0.25) is 0 Å². The summed E-state index contributed by atoms with van der Waals surface area (Å²) < 4.78 is 7.03. The van der Waals surface area contributed by atoms with E-state index in [2.05, 4.69) is 39.1 Å². The third-order valence-electron chi connectivity index (χ3n) is 5.84. The van der Waals surface area contributed by atoms with Crippen molar-refractivity contribution in [2.45, 2.75) is 13.1 Å². The number of aromatic nitrogens is 5. The van der Waals surface area contributed by atoms with Gasteiger partial charge in [0.2, 0.25) is 5.95 Å². The number of fused-ring (bicyclic) bond motifs is 2. The topological polar surface area (TPSA) is 69.0 Å². The first-order valence-corrected chi connectivity index (χ1v) is 10.9. The van der Waals surface area contributed by atoms with Gasteiger partial charge in [-0.15, -0.1) is 0 Å². The van der Waals surface area contributed by atoms with E-state index in [1.54, 1.807) is 18.0 Å². The Kier molecular flexibility index (Phi) is 4.89. The quantitative estimate of drug-likeness (QED) is 0.387. The maximum absolute atomic E-state index is 5.36. The summed E-state index contributed by atoms with van der Waals surface area (Å²) in [5.41, 5.74) is 5.62. The molecule has 0 atom stereocenters. The Morgan fingerprint density at radius 3 is 2.71 bits per heavy atom. The van der Waals surface area contributed by atoms with E-state index in [1.165, 1.54) is 11.1 Å². The molecule has 2 aromatic carbocycles. The third-order valence-corrected chi connectivity index (χ3v) is 5.84. The minimum absolute atomic E-state index is 0.651. The van der Waals surface area contributed by atoms with Crippen LogP contribution in [0, 0.1) is 12.0 Å². The van der Waals surface area contributed by atoms with Gasteiger partial charge in [0.25, 0.3) is 0 Å². The second-order valence-electron chi connectivity index (χ2n) is 7.99. The summed E-state index contributed by atoms with van der Waals surface area (Å²) in [5.74, 6) is 4.65. The molecule has 0 fully saturated rings. The van der Waals surface area contributed by atoms with Crippen molar-refractivity contribution in [1.29, 1.82) is 0 Å². The maximum atomic E-state index is 5.36. The fourth-order valence-corrected chi connectivity index (χ4v) is 4.10. The summed E-state index contributed by atoms with van der Waals surface area (Å²) in [5, 5.41) is 5.41. The molecule has 0 amide bonds. The van der Waals surface area contributed by atoms with Gasteiger partial charge < -0.3 is 9.64 Å². The van der Waals surface area contributed by atoms with Crippen molar-refractivity contribution in [2.75, 3.05) is 12.0 Å². The predicted octanol–water partition coefficient (Wildman–Crippen LogP) is 4.27. The summed E-state index contributed by atoms with van der Waals surface area (Å²) in [4.78, 5) is 16.2. The second-order valence-corrected chi connectivity index (χ2v) is 7.99. The minimum Gasteiger partial charge on any atom is -0.497 e. The number of hydrogen-bond donors (Lipinski definition) is 0. The van der Waals surface area contributed by atoms with Crippen molar-refractivity contribution in [2.24, 2.45) is 0 Å². The summed E-state index contributed by atoms with van der Waals surface area (Å²) in [6.45, 7) is 1.51. The number of rotatable bonds is 3. The molecule has 1 aliphatic rings. The number of nitrogens with zero attached hydrogens (tertiary/aromatic N) is 6. The molecule has 7 nitrogen and oxygen atoms in total. The first-order chi connectivity index (χ1) is 16.8. The van der Waals surface area contributed by atoms with Crippen LogP contribution in [0.2, 0.25) is 0 Å². The Bertz CT molecular complexity index is 1580. The van der Waals surface area contributed by atoms with Crippen LogP contribution in [0.25, 0.3) is 22.3 Å². The van der Waals surface area contributed by atoms with Crippen LogP contribution in [0.1, 0.15) is 16.8 Å². The second kappa shape index (κ2) is 8.34. The molecule has 34 heavy (non-hydrogen) atoms. The molecular weight excluding hydrogens is 424 g/mol. The van der Waals surface area contributed by atoms with E-state index >= 15 is 0 Å². The fourth-order valence-electron chi connectivity index (χ4n) is 4.10. The standard InChI is InChI=1S/C27H20N6O/c1-34-23-10-9-20-17-32(18-21(20)15-23)27-28-13-11-25(31-27)24-7-4-6-22(30-24)12-14-33-26-8-3-2-5-19(26)16-29-33/h2-11,13,15-16H,17-18H2,1H3. The molecule has 0 spiro atoms. The Morgan fingerprint density at radius 1 is 0.882 bits per heavy atom. The Balaban J connectivity index is 1.26. The molecule has 0 unspecified atom stereocenters. The zero-order valence-corrected chi connectivity index (χ0v) is 18.5. The van der Waals surface area contributed by atoms with Crippen molar-refractivity contribution in [3.05, 3.63) is 95.9 Å². The zero-order chi connectivity index (χ0) is 22.9. The van der Waals surface area contributed by atoms with Crippen LogP contribution in [0.5, 0.6) is 5.75 Å². The molecule has 5 aromatic rings. The van der Waals surface area contributed by atoms with Crippen LogP contribution in [0.4, 0.5) is 5.95 Å². The van der Waals surface area contributed by atoms with Crippen LogP contribution in [-0.4, -0.2) is 31.8 Å². The largest absolute Gasteiger partial charge is 0.497 e. The van der Waals surface area contributed by atoms with E-state index in [0.29, 0.717) is 11.6 Å². The molecule has 164 valence electrons. The Morgan fingerprint density at radius 2 is 1.76 bits per heavy atom. The number of hydrogen-bond acceptors (Lipinski definition) is 6. The predicted molar refractivity (Wildman–Crippen MR) is 130 cm³/mol. The van der Waals surface area contributed by atoms with Crippen molar-refractivity contribution in [1.82, 2.24) is 24.7 Å². The minimum atomic E-state index is 0.651. The Labute approximate surface area is 196 Å². The number of anilines is 1. The van der Waals surface area contributed by atoms with Gasteiger partial charge in [0.1, 0.15) is 11.4 Å². The van der Waals surface area contributed by atoms with Gasteiger partial charge in [-0.1, -0.05) is 30.3 Å². The van der Waals surface area contributed by atoms with Crippen molar-refractivity contribution < 1.29 is 4.74 Å². The highest BCUT2D eigenvalue weighted by Gasteiger charge is 2.22. The van der Waals surface area contributed by atoms with E-state index in [4.69, 9.17) is 14.7 Å². The van der Waals surface area contributed by atoms with Crippen molar-refractivity contribution in [3.63, 3.8) is 0 Å². The summed E-state index contributed by atoms with van der Waals surface area (Å²) in [6.07, 6.45) is 3.58. The van der Waals surface area contributed by atoms with E-state index in [1.807, 2.05) is 60.8 Å². The molecule has 6 rings (SSSR count). The van der Waals surface area contributed by atoms with Crippen LogP contribution in [0.15, 0.2) is 79.1 Å². The van der Waals surface area contributed by atoms with E-state index in [9.17, 15) is 0 Å². The molecule has 0 aliphatic carbocycles. The van der Waals surface area contributed by atoms with Crippen molar-refractivity contribution >= 4 is 16.9 Å². The highest BCUT2D eigenvalue weighted by molar-refractivity contribution is 5.79. The molecule has 0 saturated carbocycles. The van der Waals surface area contributed by atoms with Crippen LogP contribution >= 0.6 is 0 Å². The monoisotopic (exact) mass is 444 g/mol. The van der Waals surface area contributed by atoms with Crippen LogP contribution in [-0.2, 0) is 13.1 Å². The molecule has 7 heteroatoms. The number of para-hydroxylation sites is 1. The highest BCUT2D eigenvalue weighted by atomic mass is 16.5. The van der Waals surface area contributed by atoms with Gasteiger partial charge in [0, 0.05) is 30.7 Å². The number of methoxy groups -OCH3 is 1. The van der Waals surface area contributed by atoms with Gasteiger partial charge in [-0.2, -0.15) is 9.78 Å². The molecule has 0 bridgehead atoms. The first-order valence-electron chi connectivity index (χ1n) is 10.9. The zero-order valence-electron chi connectivity index (χ0n) is 18.5. The third kappa shape index (κ3) is 3.71. The first kappa shape index (κ1) is 19.9. The number of ether oxygens (including phenoxy) is 1. The van der Waals surface area contributed by atoms with Gasteiger partial charge >= 0.3 is 0 Å². The molecule has 0 saturated heterocycles. The summed E-state index contributed by atoms with van der Waals surface area (Å²) >= 11 is 0. The average Bonchev–Trinajstić information content (AvgIpc) is 3.51. The SMILES string of the molecule is COc1ccc2c(c1)CN(c1nccc(-c3cccc(C#Cn4ncc5ccccc54)n3)n1)C2. The summed E-state index contributed by atoms with van der Waals surface area (Å²) in [6, 6.07) is 24.8. The van der Waals surface area contributed by atoms with Crippen LogP contribution < -0.4 is 9.64 Å². The molecule has 1 aliphatic heterocycles. The molecule has 4 heterocycles. The lowest BCUT2D eigenvalue weighted by molar-refractivity contribution is 0.414. The normalized spacial score (nSPS) is 12.3. The van der Waals surface area contributed by atoms with Gasteiger partial charge in [0.05, 0.1) is 30.2 Å². The smallest absolute Gasteiger partial charge is 0.226 e. The lowest BCUT2D eigenvalue weighted by Gasteiger charge is -2.15. The average molecular weight is 444 g/mol. The molecule has 3 aromatic heterocycles. The van der Waals surface area contributed by atoms with Crippen molar-refractivity contribution in [3.8, 4) is 29.1 Å². The van der Waals surface area contributed by atoms with Gasteiger partial charge in [-0.25, -0.2) is 15.0 Å². The molecular formula is C27H20N6O. The summed E-state index contributed by atoms with van der Waals surface area (Å²) in [7, 11) is 1.68. The Hall–Kier alpha value is -4.70. The van der Waals surface area contributed by atoms with Gasteiger partial charge in [-0.05, 0) is 53.4 Å². The fraction of sp³-hybridized carbons (Fsp3) is 0.111. The van der Waals surface area contributed by atoms with E-state index < -0.39 is 0 Å².